The van der Waals surface area contributed by atoms with E-state index >= 15 is 0 Å². The zero-order chi connectivity index (χ0) is 13.1. The van der Waals surface area contributed by atoms with Crippen LogP contribution in [0.15, 0.2) is 49.2 Å². The van der Waals surface area contributed by atoms with Gasteiger partial charge in [-0.05, 0) is 18.1 Å². The number of para-hydroxylation sites is 1. The Balaban J connectivity index is 1.77. The highest BCUT2D eigenvalue weighted by molar-refractivity contribution is 5.83. The summed E-state index contributed by atoms with van der Waals surface area (Å²) in [4.78, 5) is 4.05. The lowest BCUT2D eigenvalue weighted by molar-refractivity contribution is 0.572. The fourth-order valence-corrected chi connectivity index (χ4v) is 2.51. The van der Waals surface area contributed by atoms with Crippen molar-refractivity contribution in [1.82, 2.24) is 14.1 Å². The molecule has 0 amide bonds. The zero-order valence-electron chi connectivity index (χ0n) is 10.9. The second kappa shape index (κ2) is 5.28. The van der Waals surface area contributed by atoms with Crippen LogP contribution in [0, 0.1) is 0 Å². The van der Waals surface area contributed by atoms with Gasteiger partial charge in [0.2, 0.25) is 0 Å². The van der Waals surface area contributed by atoms with Crippen molar-refractivity contribution >= 4 is 10.9 Å². The molecule has 4 heteroatoms. The number of aromatic nitrogens is 3. The van der Waals surface area contributed by atoms with Crippen molar-refractivity contribution in [3.05, 3.63) is 54.7 Å². The molecule has 0 fully saturated rings. The smallest absolute Gasteiger partial charge is 0.0945 e. The molecule has 2 N–H and O–H groups in total. The molecule has 0 aliphatic rings. The van der Waals surface area contributed by atoms with Crippen LogP contribution < -0.4 is 5.73 Å². The van der Waals surface area contributed by atoms with E-state index in [-0.39, 0.29) is 0 Å². The first-order valence-electron chi connectivity index (χ1n) is 6.61. The van der Waals surface area contributed by atoms with E-state index in [4.69, 9.17) is 5.73 Å². The van der Waals surface area contributed by atoms with E-state index in [1.807, 2.05) is 18.7 Å². The van der Waals surface area contributed by atoms with E-state index in [1.54, 1.807) is 0 Å². The molecule has 0 saturated heterocycles. The minimum Gasteiger partial charge on any atom is -0.347 e. The van der Waals surface area contributed by atoms with Crippen molar-refractivity contribution in [2.75, 3.05) is 0 Å². The van der Waals surface area contributed by atoms with Crippen LogP contribution in [0.1, 0.15) is 12.0 Å². The molecule has 0 bridgehead atoms. The van der Waals surface area contributed by atoms with E-state index in [0.717, 1.165) is 19.5 Å². The third-order valence-corrected chi connectivity index (χ3v) is 3.47. The van der Waals surface area contributed by atoms with Gasteiger partial charge in [-0.25, -0.2) is 4.98 Å². The van der Waals surface area contributed by atoms with Gasteiger partial charge in [0.05, 0.1) is 6.33 Å². The van der Waals surface area contributed by atoms with Gasteiger partial charge in [0.1, 0.15) is 0 Å². The van der Waals surface area contributed by atoms with Crippen LogP contribution in [0.4, 0.5) is 0 Å². The molecule has 0 aliphatic carbocycles. The summed E-state index contributed by atoms with van der Waals surface area (Å²) in [5, 5.41) is 1.27. The van der Waals surface area contributed by atoms with Crippen LogP contribution in [-0.2, 0) is 19.6 Å². The van der Waals surface area contributed by atoms with Crippen molar-refractivity contribution in [2.45, 2.75) is 26.1 Å². The first-order valence-corrected chi connectivity index (χ1v) is 6.61. The summed E-state index contributed by atoms with van der Waals surface area (Å²) in [6.45, 7) is 2.58. The van der Waals surface area contributed by atoms with Crippen LogP contribution in [0.5, 0.6) is 0 Å². The van der Waals surface area contributed by atoms with Gasteiger partial charge in [-0.1, -0.05) is 18.2 Å². The Bertz CT molecular complexity index is 652. The molecule has 3 aromatic rings. The van der Waals surface area contributed by atoms with E-state index in [2.05, 4.69) is 44.6 Å². The molecule has 19 heavy (non-hydrogen) atoms. The first-order chi connectivity index (χ1) is 9.38. The number of benzene rings is 1. The number of hydrogen-bond donors (Lipinski definition) is 1. The van der Waals surface area contributed by atoms with Crippen LogP contribution in [-0.4, -0.2) is 14.1 Å². The third kappa shape index (κ3) is 2.39. The Morgan fingerprint density at radius 2 is 2.05 bits per heavy atom. The maximum atomic E-state index is 5.81. The second-order valence-corrected chi connectivity index (χ2v) is 4.72. The zero-order valence-corrected chi connectivity index (χ0v) is 10.9. The number of imidazole rings is 1. The largest absolute Gasteiger partial charge is 0.347 e. The molecule has 0 spiro atoms. The SMILES string of the molecule is NCc1cn(CCCn2ccnc2)c2ccccc12. The summed E-state index contributed by atoms with van der Waals surface area (Å²) in [5.41, 5.74) is 8.30. The van der Waals surface area contributed by atoms with Gasteiger partial charge >= 0.3 is 0 Å². The molecule has 0 atom stereocenters. The predicted octanol–water partition coefficient (Wildman–Crippen LogP) is 2.39. The summed E-state index contributed by atoms with van der Waals surface area (Å²) < 4.78 is 4.41. The summed E-state index contributed by atoms with van der Waals surface area (Å²) in [7, 11) is 0. The minimum atomic E-state index is 0.592. The average Bonchev–Trinajstić information content (AvgIpc) is 3.07. The van der Waals surface area contributed by atoms with E-state index in [9.17, 15) is 0 Å². The average molecular weight is 254 g/mol. The van der Waals surface area contributed by atoms with Gasteiger partial charge in [-0.2, -0.15) is 0 Å². The van der Waals surface area contributed by atoms with Gasteiger partial charge in [0.15, 0.2) is 0 Å². The molecule has 98 valence electrons. The van der Waals surface area contributed by atoms with Crippen molar-refractivity contribution in [2.24, 2.45) is 5.73 Å². The number of nitrogens with zero attached hydrogens (tertiary/aromatic N) is 3. The summed E-state index contributed by atoms with van der Waals surface area (Å²) in [5.74, 6) is 0. The van der Waals surface area contributed by atoms with Crippen LogP contribution in [0.2, 0.25) is 0 Å². The Kier molecular flexibility index (Phi) is 3.33. The van der Waals surface area contributed by atoms with Gasteiger partial charge in [-0.15, -0.1) is 0 Å². The molecule has 0 aliphatic heterocycles. The van der Waals surface area contributed by atoms with Gasteiger partial charge in [-0.3, -0.25) is 0 Å². The van der Waals surface area contributed by atoms with Crippen molar-refractivity contribution < 1.29 is 0 Å². The van der Waals surface area contributed by atoms with Crippen molar-refractivity contribution in [1.29, 1.82) is 0 Å². The summed E-state index contributed by atoms with van der Waals surface area (Å²) in [6, 6.07) is 8.45. The Labute approximate surface area is 112 Å². The molecule has 1 aromatic carbocycles. The Hall–Kier alpha value is -2.07. The minimum absolute atomic E-state index is 0.592. The highest BCUT2D eigenvalue weighted by atomic mass is 15.0. The number of nitrogens with two attached hydrogens (primary N) is 1. The van der Waals surface area contributed by atoms with E-state index in [0.29, 0.717) is 6.54 Å². The fraction of sp³-hybridized carbons (Fsp3) is 0.267. The highest BCUT2D eigenvalue weighted by Gasteiger charge is 2.06. The summed E-state index contributed by atoms with van der Waals surface area (Å²) in [6.07, 6.45) is 8.94. The maximum Gasteiger partial charge on any atom is 0.0945 e. The third-order valence-electron chi connectivity index (χ3n) is 3.47. The van der Waals surface area contributed by atoms with Gasteiger partial charge < -0.3 is 14.9 Å². The molecule has 0 saturated carbocycles. The standard InChI is InChI=1S/C15H18N4/c16-10-13-11-19(15-5-2-1-4-14(13)15)8-3-7-18-9-6-17-12-18/h1-2,4-6,9,11-12H,3,7-8,10,16H2. The molecule has 0 radical (unpaired) electrons. The van der Waals surface area contributed by atoms with Gasteiger partial charge in [0, 0.05) is 49.1 Å². The van der Waals surface area contributed by atoms with Crippen LogP contribution in [0.25, 0.3) is 10.9 Å². The number of hydrogen-bond acceptors (Lipinski definition) is 2. The fourth-order valence-electron chi connectivity index (χ4n) is 2.51. The molecule has 2 heterocycles. The summed E-state index contributed by atoms with van der Waals surface area (Å²) >= 11 is 0. The number of aryl methyl sites for hydroxylation is 2. The van der Waals surface area contributed by atoms with Crippen LogP contribution in [0.3, 0.4) is 0 Å². The lowest BCUT2D eigenvalue weighted by atomic mass is 10.2. The maximum absolute atomic E-state index is 5.81. The first kappa shape index (κ1) is 12.0. The number of fused-ring (bicyclic) bond motifs is 1. The quantitative estimate of drug-likeness (QED) is 0.760. The van der Waals surface area contributed by atoms with Crippen molar-refractivity contribution in [3.8, 4) is 0 Å². The normalized spacial score (nSPS) is 11.2. The second-order valence-electron chi connectivity index (χ2n) is 4.72. The van der Waals surface area contributed by atoms with E-state index in [1.165, 1.54) is 16.5 Å². The number of rotatable bonds is 5. The molecular weight excluding hydrogens is 236 g/mol. The van der Waals surface area contributed by atoms with E-state index < -0.39 is 0 Å². The highest BCUT2D eigenvalue weighted by Crippen LogP contribution is 2.21. The lowest BCUT2D eigenvalue weighted by Gasteiger charge is -2.05. The Morgan fingerprint density at radius 3 is 2.84 bits per heavy atom. The lowest BCUT2D eigenvalue weighted by Crippen LogP contribution is -2.02. The predicted molar refractivity (Wildman–Crippen MR) is 76.7 cm³/mol. The molecule has 4 nitrogen and oxygen atoms in total. The topological polar surface area (TPSA) is 48.8 Å². The van der Waals surface area contributed by atoms with Crippen molar-refractivity contribution in [3.63, 3.8) is 0 Å². The molecule has 2 aromatic heterocycles. The van der Waals surface area contributed by atoms with Gasteiger partial charge in [0.25, 0.3) is 0 Å². The molecule has 0 unspecified atom stereocenters. The monoisotopic (exact) mass is 254 g/mol. The Morgan fingerprint density at radius 1 is 1.16 bits per heavy atom. The molecular formula is C15H18N4. The molecule has 3 rings (SSSR count). The van der Waals surface area contributed by atoms with Crippen LogP contribution >= 0.6 is 0 Å².